The first-order valence-corrected chi connectivity index (χ1v) is 8.96. The van der Waals surface area contributed by atoms with Crippen molar-refractivity contribution >= 4 is 5.97 Å². The molecule has 0 radical (unpaired) electrons. The molecule has 0 bridgehead atoms. The van der Waals surface area contributed by atoms with Crippen molar-refractivity contribution in [3.05, 3.63) is 65.2 Å². The lowest BCUT2D eigenvalue weighted by molar-refractivity contribution is -0.134. The van der Waals surface area contributed by atoms with Gasteiger partial charge in [-0.3, -0.25) is 4.79 Å². The molecule has 0 N–H and O–H groups in total. The number of aryl methyl sites for hydroxylation is 1. The molecule has 2 aromatic carbocycles. The lowest BCUT2D eigenvalue weighted by Gasteiger charge is -2.19. The Labute approximate surface area is 152 Å². The Kier molecular flexibility index (Phi) is 5.72. The van der Waals surface area contributed by atoms with Gasteiger partial charge in [-0.25, -0.2) is 0 Å². The second kappa shape index (κ2) is 7.43. The monoisotopic (exact) mass is 338 g/mol. The molecule has 0 aliphatic rings. The van der Waals surface area contributed by atoms with Gasteiger partial charge in [0.1, 0.15) is 5.75 Å². The number of rotatable bonds is 4. The summed E-state index contributed by atoms with van der Waals surface area (Å²) < 4.78 is 5.44. The van der Waals surface area contributed by atoms with Crippen LogP contribution >= 0.6 is 0 Å². The fourth-order valence-corrected chi connectivity index (χ4v) is 2.62. The van der Waals surface area contributed by atoms with Gasteiger partial charge in [0.25, 0.3) is 0 Å². The van der Waals surface area contributed by atoms with Gasteiger partial charge in [-0.15, -0.1) is 0 Å². The molecule has 134 valence electrons. The Morgan fingerprint density at radius 1 is 0.760 bits per heavy atom. The molecule has 0 spiro atoms. The molecule has 0 fully saturated rings. The van der Waals surface area contributed by atoms with E-state index >= 15 is 0 Å². The minimum Gasteiger partial charge on any atom is -0.427 e. The van der Waals surface area contributed by atoms with E-state index in [1.807, 2.05) is 24.3 Å². The highest BCUT2D eigenvalue weighted by Gasteiger charge is 2.14. The predicted octanol–water partition coefficient (Wildman–Crippen LogP) is 5.82. The van der Waals surface area contributed by atoms with Gasteiger partial charge >= 0.3 is 5.97 Å². The summed E-state index contributed by atoms with van der Waals surface area (Å²) in [6, 6.07) is 16.3. The van der Waals surface area contributed by atoms with Gasteiger partial charge in [-0.2, -0.15) is 0 Å². The molecular weight excluding hydrogens is 308 g/mol. The summed E-state index contributed by atoms with van der Waals surface area (Å²) in [5.74, 6) is 0.421. The highest BCUT2D eigenvalue weighted by molar-refractivity contribution is 5.72. The maximum Gasteiger partial charge on any atom is 0.311 e. The highest BCUT2D eigenvalue weighted by atomic mass is 16.5. The summed E-state index contributed by atoms with van der Waals surface area (Å²) >= 11 is 0. The quantitative estimate of drug-likeness (QED) is 0.518. The number of carbonyl (C=O) groups is 1. The summed E-state index contributed by atoms with van der Waals surface area (Å²) in [5, 5.41) is 0. The van der Waals surface area contributed by atoms with Gasteiger partial charge in [0.2, 0.25) is 0 Å². The van der Waals surface area contributed by atoms with Gasteiger partial charge < -0.3 is 4.74 Å². The van der Waals surface area contributed by atoms with Crippen LogP contribution in [0.15, 0.2) is 48.5 Å². The van der Waals surface area contributed by atoms with E-state index in [1.54, 1.807) is 0 Å². The molecule has 2 rings (SSSR count). The molecule has 2 aromatic rings. The van der Waals surface area contributed by atoms with Gasteiger partial charge in [-0.1, -0.05) is 77.9 Å². The molecule has 0 aliphatic carbocycles. The lowest BCUT2D eigenvalue weighted by atomic mass is 9.86. The van der Waals surface area contributed by atoms with Gasteiger partial charge in [0, 0.05) is 6.42 Å². The van der Waals surface area contributed by atoms with Crippen LogP contribution in [-0.4, -0.2) is 5.97 Å². The first-order valence-electron chi connectivity index (χ1n) is 8.96. The largest absolute Gasteiger partial charge is 0.427 e. The summed E-state index contributed by atoms with van der Waals surface area (Å²) in [4.78, 5) is 12.1. The molecule has 0 saturated carbocycles. The second-order valence-electron chi connectivity index (χ2n) is 8.70. The minimum absolute atomic E-state index is 0.0990. The van der Waals surface area contributed by atoms with Crippen molar-refractivity contribution in [2.45, 2.75) is 65.2 Å². The molecule has 0 aliphatic heterocycles. The van der Waals surface area contributed by atoms with Crippen molar-refractivity contribution < 1.29 is 9.53 Å². The van der Waals surface area contributed by atoms with Crippen LogP contribution < -0.4 is 4.74 Å². The number of carbonyl (C=O) groups excluding carboxylic acids is 1. The van der Waals surface area contributed by atoms with Crippen molar-refractivity contribution in [3.8, 4) is 5.75 Å². The molecule has 0 amide bonds. The fraction of sp³-hybridized carbons (Fsp3) is 0.435. The zero-order chi connectivity index (χ0) is 18.7. The van der Waals surface area contributed by atoms with Crippen LogP contribution in [0.1, 0.15) is 64.7 Å². The first-order chi connectivity index (χ1) is 11.6. The molecular formula is C23H30O2. The molecule has 0 heterocycles. The second-order valence-corrected chi connectivity index (χ2v) is 8.70. The van der Waals surface area contributed by atoms with E-state index in [1.165, 1.54) is 11.1 Å². The average molecular weight is 338 g/mol. The lowest BCUT2D eigenvalue weighted by Crippen LogP contribution is -2.12. The topological polar surface area (TPSA) is 26.3 Å². The van der Waals surface area contributed by atoms with E-state index in [4.69, 9.17) is 4.74 Å². The molecule has 0 unspecified atom stereocenters. The summed E-state index contributed by atoms with van der Waals surface area (Å²) in [7, 11) is 0. The maximum atomic E-state index is 12.1. The maximum absolute atomic E-state index is 12.1. The van der Waals surface area contributed by atoms with Crippen LogP contribution in [-0.2, 0) is 22.0 Å². The third-order valence-electron chi connectivity index (χ3n) is 4.39. The number of benzene rings is 2. The molecule has 0 aromatic heterocycles. The van der Waals surface area contributed by atoms with Crippen molar-refractivity contribution in [1.82, 2.24) is 0 Å². The van der Waals surface area contributed by atoms with Crippen LogP contribution in [0, 0.1) is 0 Å². The normalized spacial score (nSPS) is 12.1. The molecule has 2 nitrogen and oxygen atoms in total. The van der Waals surface area contributed by atoms with E-state index in [0.29, 0.717) is 18.6 Å². The van der Waals surface area contributed by atoms with Crippen molar-refractivity contribution in [2.75, 3.05) is 0 Å². The number of hydrogen-bond donors (Lipinski definition) is 0. The molecule has 2 heteroatoms. The average Bonchev–Trinajstić information content (AvgIpc) is 2.52. The summed E-state index contributed by atoms with van der Waals surface area (Å²) in [6.07, 6.45) is 1.08. The third kappa shape index (κ3) is 5.74. The number of esters is 1. The Morgan fingerprint density at radius 3 is 1.64 bits per heavy atom. The van der Waals surface area contributed by atoms with Crippen LogP contribution in [0.25, 0.3) is 0 Å². The Morgan fingerprint density at radius 2 is 1.20 bits per heavy atom. The summed E-state index contributed by atoms with van der Waals surface area (Å²) in [5.41, 5.74) is 3.94. The summed E-state index contributed by atoms with van der Waals surface area (Å²) in [6.45, 7) is 13.1. The SMILES string of the molecule is CC(C)(C)c1ccc(CCC(=O)Oc2ccc(C(C)(C)C)cc2)cc1. The number of ether oxygens (including phenoxy) is 1. The van der Waals surface area contributed by atoms with Gasteiger partial charge in [0.15, 0.2) is 0 Å². The van der Waals surface area contributed by atoms with Crippen molar-refractivity contribution in [2.24, 2.45) is 0 Å². The van der Waals surface area contributed by atoms with E-state index in [9.17, 15) is 4.79 Å². The van der Waals surface area contributed by atoms with Crippen molar-refractivity contribution in [1.29, 1.82) is 0 Å². The predicted molar refractivity (Wildman–Crippen MR) is 104 cm³/mol. The minimum atomic E-state index is -0.191. The third-order valence-corrected chi connectivity index (χ3v) is 4.39. The first kappa shape index (κ1) is 19.2. The fourth-order valence-electron chi connectivity index (χ4n) is 2.62. The Balaban J connectivity index is 1.88. The van der Waals surface area contributed by atoms with Crippen LogP contribution in [0.5, 0.6) is 5.75 Å². The Hall–Kier alpha value is -2.09. The molecule has 0 atom stereocenters. The number of hydrogen-bond acceptors (Lipinski definition) is 2. The zero-order valence-corrected chi connectivity index (χ0v) is 16.3. The standard InChI is InChI=1S/C23H30O2/c1-22(2,3)18-10-7-17(8-11-18)9-16-21(24)25-20-14-12-19(13-15-20)23(4,5)6/h7-8,10-15H,9,16H2,1-6H3. The molecule has 0 saturated heterocycles. The van der Waals surface area contributed by atoms with E-state index < -0.39 is 0 Å². The van der Waals surface area contributed by atoms with E-state index in [-0.39, 0.29) is 16.8 Å². The zero-order valence-electron chi connectivity index (χ0n) is 16.3. The van der Waals surface area contributed by atoms with Crippen LogP contribution in [0.2, 0.25) is 0 Å². The van der Waals surface area contributed by atoms with Gasteiger partial charge in [-0.05, 0) is 46.1 Å². The van der Waals surface area contributed by atoms with Crippen LogP contribution in [0.4, 0.5) is 0 Å². The van der Waals surface area contributed by atoms with Crippen LogP contribution in [0.3, 0.4) is 0 Å². The highest BCUT2D eigenvalue weighted by Crippen LogP contribution is 2.25. The van der Waals surface area contributed by atoms with E-state index in [0.717, 1.165) is 5.56 Å². The van der Waals surface area contributed by atoms with Crippen molar-refractivity contribution in [3.63, 3.8) is 0 Å². The smallest absolute Gasteiger partial charge is 0.311 e. The van der Waals surface area contributed by atoms with E-state index in [2.05, 4.69) is 65.8 Å². The molecule has 25 heavy (non-hydrogen) atoms. The van der Waals surface area contributed by atoms with Gasteiger partial charge in [0.05, 0.1) is 0 Å². The Bertz CT molecular complexity index is 696.